The van der Waals surface area contributed by atoms with Crippen LogP contribution in [0.3, 0.4) is 0 Å². The normalized spacial score (nSPS) is 10.9. The Morgan fingerprint density at radius 2 is 1.88 bits per heavy atom. The number of nitrogens with one attached hydrogen (secondary N) is 1. The maximum absolute atomic E-state index is 12.2. The van der Waals surface area contributed by atoms with E-state index in [0.717, 1.165) is 0 Å². The Morgan fingerprint density at radius 3 is 2.73 bits per heavy atom. The number of carboxylic acid groups (broad SMARTS) is 1. The number of aromatic nitrogens is 4. The first-order valence-electron chi connectivity index (χ1n) is 7.95. The third-order valence-corrected chi connectivity index (χ3v) is 4.10. The summed E-state index contributed by atoms with van der Waals surface area (Å²) in [5.74, 6) is -0.0491. The molecule has 0 aliphatic carbocycles. The van der Waals surface area contributed by atoms with E-state index < -0.39 is 5.97 Å². The molecular weight excluding hydrogens is 332 g/mol. The predicted octanol–water partition coefficient (Wildman–Crippen LogP) is 2.53. The van der Waals surface area contributed by atoms with E-state index >= 15 is 0 Å². The van der Waals surface area contributed by atoms with Gasteiger partial charge in [0, 0.05) is 18.0 Å². The van der Waals surface area contributed by atoms with Crippen LogP contribution in [-0.2, 0) is 6.54 Å². The number of carboxylic acids is 1. The van der Waals surface area contributed by atoms with E-state index in [1.807, 2.05) is 6.07 Å². The Morgan fingerprint density at radius 1 is 1.12 bits per heavy atom. The van der Waals surface area contributed by atoms with Gasteiger partial charge in [0.25, 0.3) is 5.56 Å². The molecular formula is C19H14N4O3. The molecule has 2 heterocycles. The summed E-state index contributed by atoms with van der Waals surface area (Å²) in [6.07, 6.45) is 3.32. The largest absolute Gasteiger partial charge is 0.478 e. The zero-order valence-electron chi connectivity index (χ0n) is 13.6. The van der Waals surface area contributed by atoms with Crippen LogP contribution >= 0.6 is 0 Å². The lowest BCUT2D eigenvalue weighted by molar-refractivity contribution is 0.0697. The van der Waals surface area contributed by atoms with Crippen molar-refractivity contribution in [1.29, 1.82) is 0 Å². The van der Waals surface area contributed by atoms with Crippen LogP contribution < -0.4 is 5.56 Å². The number of rotatable bonds is 4. The summed E-state index contributed by atoms with van der Waals surface area (Å²) in [5.41, 5.74) is 1.07. The van der Waals surface area contributed by atoms with E-state index in [1.165, 1.54) is 6.07 Å². The molecule has 4 aromatic rings. The maximum Gasteiger partial charge on any atom is 0.336 e. The minimum atomic E-state index is -1.02. The molecule has 0 saturated carbocycles. The van der Waals surface area contributed by atoms with E-state index in [1.54, 1.807) is 53.4 Å². The van der Waals surface area contributed by atoms with Crippen molar-refractivity contribution in [3.05, 3.63) is 82.7 Å². The van der Waals surface area contributed by atoms with Gasteiger partial charge in [0.05, 0.1) is 23.0 Å². The standard InChI is InChI=1S/C19H14N4O3/c24-18-14-7-3-4-8-15(14)21-16(22-18)11-23-10-9-20-17(23)12-5-1-2-6-13(12)19(25)26/h1-10H,11H2,(H,25,26)(H,21,22,24). The van der Waals surface area contributed by atoms with E-state index in [0.29, 0.717) is 28.1 Å². The summed E-state index contributed by atoms with van der Waals surface area (Å²) in [4.78, 5) is 35.3. The van der Waals surface area contributed by atoms with Gasteiger partial charge in [0.1, 0.15) is 11.6 Å². The second kappa shape index (κ2) is 6.29. The molecule has 0 saturated heterocycles. The van der Waals surface area contributed by atoms with Gasteiger partial charge in [-0.1, -0.05) is 30.3 Å². The van der Waals surface area contributed by atoms with E-state index in [4.69, 9.17) is 0 Å². The molecule has 2 aromatic carbocycles. The molecule has 0 spiro atoms. The van der Waals surface area contributed by atoms with Gasteiger partial charge in [-0.25, -0.2) is 14.8 Å². The Balaban J connectivity index is 1.78. The second-order valence-corrected chi connectivity index (χ2v) is 5.76. The van der Waals surface area contributed by atoms with Gasteiger partial charge in [0.2, 0.25) is 0 Å². The summed E-state index contributed by atoms with van der Waals surface area (Å²) in [7, 11) is 0. The van der Waals surface area contributed by atoms with Gasteiger partial charge in [-0.15, -0.1) is 0 Å². The fourth-order valence-corrected chi connectivity index (χ4v) is 2.92. The van der Waals surface area contributed by atoms with Crippen LogP contribution in [0.15, 0.2) is 65.7 Å². The number of nitrogens with zero attached hydrogens (tertiary/aromatic N) is 3. The number of carbonyl (C=O) groups is 1. The highest BCUT2D eigenvalue weighted by Gasteiger charge is 2.15. The second-order valence-electron chi connectivity index (χ2n) is 5.76. The van der Waals surface area contributed by atoms with Gasteiger partial charge in [-0.05, 0) is 18.2 Å². The molecule has 0 aliphatic rings. The fraction of sp³-hybridized carbons (Fsp3) is 0.0526. The van der Waals surface area contributed by atoms with Crippen molar-refractivity contribution in [1.82, 2.24) is 19.5 Å². The van der Waals surface area contributed by atoms with Gasteiger partial charge in [-0.3, -0.25) is 4.79 Å². The smallest absolute Gasteiger partial charge is 0.336 e. The van der Waals surface area contributed by atoms with Gasteiger partial charge in [-0.2, -0.15) is 0 Å². The summed E-state index contributed by atoms with van der Waals surface area (Å²) < 4.78 is 1.76. The van der Waals surface area contributed by atoms with E-state index in [-0.39, 0.29) is 17.7 Å². The summed E-state index contributed by atoms with van der Waals surface area (Å²) >= 11 is 0. The highest BCUT2D eigenvalue weighted by atomic mass is 16.4. The van der Waals surface area contributed by atoms with Gasteiger partial charge < -0.3 is 14.7 Å². The average molecular weight is 346 g/mol. The minimum Gasteiger partial charge on any atom is -0.478 e. The molecule has 128 valence electrons. The third kappa shape index (κ3) is 2.75. The first kappa shape index (κ1) is 15.8. The van der Waals surface area contributed by atoms with Crippen molar-refractivity contribution in [2.24, 2.45) is 0 Å². The lowest BCUT2D eigenvalue weighted by Gasteiger charge is -2.10. The zero-order valence-corrected chi connectivity index (χ0v) is 13.6. The van der Waals surface area contributed by atoms with Crippen LogP contribution in [0.2, 0.25) is 0 Å². The Labute approximate surface area is 147 Å². The molecule has 0 atom stereocenters. The topological polar surface area (TPSA) is 101 Å². The van der Waals surface area contributed by atoms with Gasteiger partial charge in [0.15, 0.2) is 0 Å². The Hall–Kier alpha value is -3.74. The molecule has 0 aliphatic heterocycles. The van der Waals surface area contributed by atoms with Crippen LogP contribution in [-0.4, -0.2) is 30.6 Å². The molecule has 4 rings (SSSR count). The first-order valence-corrected chi connectivity index (χ1v) is 7.95. The number of aromatic amines is 1. The number of aromatic carboxylic acids is 1. The highest BCUT2D eigenvalue weighted by molar-refractivity contribution is 5.95. The van der Waals surface area contributed by atoms with Crippen LogP contribution in [0.25, 0.3) is 22.3 Å². The van der Waals surface area contributed by atoms with Crippen LogP contribution in [0, 0.1) is 0 Å². The lowest BCUT2D eigenvalue weighted by atomic mass is 10.1. The summed E-state index contributed by atoms with van der Waals surface area (Å²) in [5, 5.41) is 9.93. The Kier molecular flexibility index (Phi) is 3.81. The zero-order chi connectivity index (χ0) is 18.1. The molecule has 2 N–H and O–H groups in total. The van der Waals surface area contributed by atoms with Crippen molar-refractivity contribution >= 4 is 16.9 Å². The maximum atomic E-state index is 12.2. The number of imidazole rings is 1. The van der Waals surface area contributed by atoms with Crippen molar-refractivity contribution in [3.63, 3.8) is 0 Å². The highest BCUT2D eigenvalue weighted by Crippen LogP contribution is 2.22. The van der Waals surface area contributed by atoms with E-state index in [2.05, 4.69) is 15.0 Å². The lowest BCUT2D eigenvalue weighted by Crippen LogP contribution is -2.15. The molecule has 26 heavy (non-hydrogen) atoms. The van der Waals surface area contributed by atoms with Crippen LogP contribution in [0.4, 0.5) is 0 Å². The number of benzene rings is 2. The molecule has 2 aromatic heterocycles. The van der Waals surface area contributed by atoms with Crippen LogP contribution in [0.5, 0.6) is 0 Å². The van der Waals surface area contributed by atoms with Crippen molar-refractivity contribution in [2.45, 2.75) is 6.54 Å². The average Bonchev–Trinajstić information content (AvgIpc) is 3.09. The monoisotopic (exact) mass is 346 g/mol. The number of hydrogen-bond acceptors (Lipinski definition) is 4. The number of fused-ring (bicyclic) bond motifs is 1. The number of para-hydroxylation sites is 1. The van der Waals surface area contributed by atoms with Crippen molar-refractivity contribution in [2.75, 3.05) is 0 Å². The minimum absolute atomic E-state index is 0.167. The molecule has 0 bridgehead atoms. The molecule has 7 nitrogen and oxygen atoms in total. The third-order valence-electron chi connectivity index (χ3n) is 4.10. The molecule has 0 fully saturated rings. The van der Waals surface area contributed by atoms with Crippen molar-refractivity contribution < 1.29 is 9.90 Å². The summed E-state index contributed by atoms with van der Waals surface area (Å²) in [6, 6.07) is 13.8. The van der Waals surface area contributed by atoms with Gasteiger partial charge >= 0.3 is 5.97 Å². The first-order chi connectivity index (χ1) is 12.6. The number of hydrogen-bond donors (Lipinski definition) is 2. The van der Waals surface area contributed by atoms with Crippen molar-refractivity contribution in [3.8, 4) is 11.4 Å². The molecule has 0 amide bonds. The number of H-pyrrole nitrogens is 1. The molecule has 0 radical (unpaired) electrons. The Bertz CT molecular complexity index is 1180. The molecule has 0 unspecified atom stereocenters. The van der Waals surface area contributed by atoms with E-state index in [9.17, 15) is 14.7 Å². The van der Waals surface area contributed by atoms with Crippen LogP contribution in [0.1, 0.15) is 16.2 Å². The fourth-order valence-electron chi connectivity index (χ4n) is 2.92. The SMILES string of the molecule is O=C(O)c1ccccc1-c1nccn1Cc1nc2ccccc2c(=O)[nH]1. The summed E-state index contributed by atoms with van der Waals surface area (Å²) in [6.45, 7) is 0.267. The molecule has 7 heteroatoms. The quantitative estimate of drug-likeness (QED) is 0.591. The predicted molar refractivity (Wildman–Crippen MR) is 96.1 cm³/mol.